The monoisotopic (exact) mass is 385 g/mol. The third-order valence-corrected chi connectivity index (χ3v) is 5.74. The minimum absolute atomic E-state index is 0.0167. The second-order valence-corrected chi connectivity index (χ2v) is 8.02. The van der Waals surface area contributed by atoms with Crippen LogP contribution in [0.2, 0.25) is 0 Å². The normalized spacial score (nSPS) is 11.3. The van der Waals surface area contributed by atoms with E-state index in [2.05, 4.69) is 15.0 Å². The van der Waals surface area contributed by atoms with Crippen molar-refractivity contribution in [3.05, 3.63) is 77.2 Å². The van der Waals surface area contributed by atoms with Crippen molar-refractivity contribution in [1.82, 2.24) is 4.98 Å². The molecule has 140 valence electrons. The van der Waals surface area contributed by atoms with Crippen LogP contribution in [0, 0.1) is 26.6 Å². The number of anilines is 3. The molecule has 0 radical (unpaired) electrons. The van der Waals surface area contributed by atoms with Gasteiger partial charge in [-0.05, 0) is 79.9 Å². The van der Waals surface area contributed by atoms with Crippen LogP contribution in [0.1, 0.15) is 16.7 Å². The Morgan fingerprint density at radius 1 is 0.852 bits per heavy atom. The minimum atomic E-state index is -3.84. The first-order valence-corrected chi connectivity index (χ1v) is 9.82. The number of halogens is 1. The predicted molar refractivity (Wildman–Crippen MR) is 105 cm³/mol. The topological polar surface area (TPSA) is 71.1 Å². The third kappa shape index (κ3) is 4.43. The fourth-order valence-corrected chi connectivity index (χ4v) is 3.86. The van der Waals surface area contributed by atoms with Gasteiger partial charge in [0.25, 0.3) is 10.0 Å². The summed E-state index contributed by atoms with van der Waals surface area (Å²) in [6, 6.07) is 12.9. The average molecular weight is 385 g/mol. The first kappa shape index (κ1) is 18.8. The molecule has 0 aliphatic carbocycles. The Morgan fingerprint density at radius 3 is 2.22 bits per heavy atom. The summed E-state index contributed by atoms with van der Waals surface area (Å²) in [6.45, 7) is 5.63. The Labute approximate surface area is 158 Å². The molecule has 2 N–H and O–H groups in total. The minimum Gasteiger partial charge on any atom is -0.354 e. The number of sulfonamides is 1. The molecule has 5 nitrogen and oxygen atoms in total. The van der Waals surface area contributed by atoms with Crippen molar-refractivity contribution in [2.75, 3.05) is 10.0 Å². The van der Waals surface area contributed by atoms with E-state index in [1.54, 1.807) is 25.3 Å². The van der Waals surface area contributed by atoms with Crippen LogP contribution in [-0.4, -0.2) is 13.4 Å². The third-order valence-electron chi connectivity index (χ3n) is 4.22. The van der Waals surface area contributed by atoms with Crippen LogP contribution < -0.4 is 10.0 Å². The summed E-state index contributed by atoms with van der Waals surface area (Å²) < 4.78 is 40.6. The fourth-order valence-electron chi connectivity index (χ4n) is 2.62. The first-order valence-electron chi connectivity index (χ1n) is 8.34. The van der Waals surface area contributed by atoms with Crippen molar-refractivity contribution in [3.63, 3.8) is 0 Å². The van der Waals surface area contributed by atoms with Gasteiger partial charge in [0.1, 0.15) is 11.6 Å². The molecular weight excluding hydrogens is 365 g/mol. The van der Waals surface area contributed by atoms with Gasteiger partial charge in [-0.1, -0.05) is 6.07 Å². The van der Waals surface area contributed by atoms with Gasteiger partial charge in [0, 0.05) is 5.69 Å². The summed E-state index contributed by atoms with van der Waals surface area (Å²) in [6.07, 6.45) is 1.55. The van der Waals surface area contributed by atoms with Crippen LogP contribution >= 0.6 is 0 Å². The van der Waals surface area contributed by atoms with Gasteiger partial charge in [-0.2, -0.15) is 0 Å². The lowest BCUT2D eigenvalue weighted by atomic mass is 10.1. The van der Waals surface area contributed by atoms with E-state index in [0.717, 1.165) is 17.4 Å². The van der Waals surface area contributed by atoms with Gasteiger partial charge in [-0.3, -0.25) is 4.72 Å². The van der Waals surface area contributed by atoms with E-state index < -0.39 is 15.8 Å². The van der Waals surface area contributed by atoms with Crippen molar-refractivity contribution >= 4 is 27.2 Å². The molecule has 0 saturated carbocycles. The number of pyridine rings is 1. The molecule has 0 saturated heterocycles. The number of nitrogens with one attached hydrogen (secondary N) is 2. The standard InChI is InChI=1S/C20H20FN3O2S/c1-13-4-6-17(11-14(13)2)23-18-7-9-20(22-12-18)24-27(25,26)19-8-5-16(21)10-15(19)3/h4-12,23H,1-3H3,(H,22,24). The zero-order valence-corrected chi connectivity index (χ0v) is 16.1. The molecular formula is C20H20FN3O2S. The van der Waals surface area contributed by atoms with E-state index in [1.165, 1.54) is 23.3 Å². The van der Waals surface area contributed by atoms with Crippen molar-refractivity contribution in [2.24, 2.45) is 0 Å². The summed E-state index contributed by atoms with van der Waals surface area (Å²) in [7, 11) is -3.84. The maximum absolute atomic E-state index is 13.2. The molecule has 1 aromatic heterocycles. The molecule has 3 rings (SSSR count). The van der Waals surface area contributed by atoms with E-state index in [-0.39, 0.29) is 10.7 Å². The molecule has 0 bridgehead atoms. The van der Waals surface area contributed by atoms with Crippen LogP contribution in [0.3, 0.4) is 0 Å². The molecule has 7 heteroatoms. The Morgan fingerprint density at radius 2 is 1.59 bits per heavy atom. The van der Waals surface area contributed by atoms with E-state index in [4.69, 9.17) is 0 Å². The lowest BCUT2D eigenvalue weighted by Crippen LogP contribution is -2.15. The van der Waals surface area contributed by atoms with E-state index in [1.807, 2.05) is 32.0 Å². The number of rotatable bonds is 5. The highest BCUT2D eigenvalue weighted by molar-refractivity contribution is 7.92. The Kier molecular flexibility index (Phi) is 5.14. The molecule has 3 aromatic rings. The molecule has 0 spiro atoms. The second-order valence-electron chi connectivity index (χ2n) is 6.37. The maximum atomic E-state index is 13.2. The SMILES string of the molecule is Cc1ccc(Nc2ccc(NS(=O)(=O)c3ccc(F)cc3C)nc2)cc1C. The van der Waals surface area contributed by atoms with Crippen molar-refractivity contribution in [2.45, 2.75) is 25.7 Å². The number of aryl methyl sites for hydroxylation is 3. The average Bonchev–Trinajstić information content (AvgIpc) is 2.59. The molecule has 1 heterocycles. The summed E-state index contributed by atoms with van der Waals surface area (Å²) in [4.78, 5) is 4.16. The number of hydrogen-bond acceptors (Lipinski definition) is 4. The summed E-state index contributed by atoms with van der Waals surface area (Å²) >= 11 is 0. The first-order chi connectivity index (χ1) is 12.7. The fraction of sp³-hybridized carbons (Fsp3) is 0.150. The summed E-state index contributed by atoms with van der Waals surface area (Å²) in [5.74, 6) is -0.296. The quantitative estimate of drug-likeness (QED) is 0.668. The smallest absolute Gasteiger partial charge is 0.263 e. The molecule has 0 unspecified atom stereocenters. The molecule has 0 atom stereocenters. The van der Waals surface area contributed by atoms with E-state index in [9.17, 15) is 12.8 Å². The van der Waals surface area contributed by atoms with Crippen LogP contribution in [0.25, 0.3) is 0 Å². The van der Waals surface area contributed by atoms with Gasteiger partial charge in [-0.25, -0.2) is 17.8 Å². The predicted octanol–water partition coefficient (Wildman–Crippen LogP) is 4.69. The highest BCUT2D eigenvalue weighted by Gasteiger charge is 2.17. The Balaban J connectivity index is 1.76. The van der Waals surface area contributed by atoms with E-state index >= 15 is 0 Å². The number of nitrogens with zero attached hydrogens (tertiary/aromatic N) is 1. The summed E-state index contributed by atoms with van der Waals surface area (Å²) in [5, 5.41) is 3.23. The van der Waals surface area contributed by atoms with Gasteiger partial charge in [0.2, 0.25) is 0 Å². The largest absolute Gasteiger partial charge is 0.354 e. The van der Waals surface area contributed by atoms with Gasteiger partial charge in [0.05, 0.1) is 16.8 Å². The number of hydrogen-bond donors (Lipinski definition) is 2. The van der Waals surface area contributed by atoms with Crippen molar-refractivity contribution in [1.29, 1.82) is 0 Å². The van der Waals surface area contributed by atoms with Gasteiger partial charge >= 0.3 is 0 Å². The van der Waals surface area contributed by atoms with Crippen LogP contribution in [0.15, 0.2) is 59.6 Å². The molecule has 27 heavy (non-hydrogen) atoms. The lowest BCUT2D eigenvalue weighted by molar-refractivity contribution is 0.598. The number of aromatic nitrogens is 1. The molecule has 2 aromatic carbocycles. The van der Waals surface area contributed by atoms with Crippen molar-refractivity contribution in [3.8, 4) is 0 Å². The highest BCUT2D eigenvalue weighted by Crippen LogP contribution is 2.22. The van der Waals surface area contributed by atoms with Gasteiger partial charge in [-0.15, -0.1) is 0 Å². The zero-order chi connectivity index (χ0) is 19.6. The van der Waals surface area contributed by atoms with Gasteiger partial charge in [0.15, 0.2) is 0 Å². The van der Waals surface area contributed by atoms with Crippen LogP contribution in [-0.2, 0) is 10.0 Å². The van der Waals surface area contributed by atoms with E-state index in [0.29, 0.717) is 5.56 Å². The van der Waals surface area contributed by atoms with Crippen LogP contribution in [0.5, 0.6) is 0 Å². The van der Waals surface area contributed by atoms with Gasteiger partial charge < -0.3 is 5.32 Å². The Hall–Kier alpha value is -2.93. The number of benzene rings is 2. The molecule has 0 aliphatic heterocycles. The maximum Gasteiger partial charge on any atom is 0.263 e. The highest BCUT2D eigenvalue weighted by atomic mass is 32.2. The Bertz CT molecular complexity index is 1080. The second kappa shape index (κ2) is 7.36. The summed E-state index contributed by atoms with van der Waals surface area (Å²) in [5.41, 5.74) is 4.37. The van der Waals surface area contributed by atoms with Crippen molar-refractivity contribution < 1.29 is 12.8 Å². The molecule has 0 amide bonds. The lowest BCUT2D eigenvalue weighted by Gasteiger charge is -2.11. The molecule has 0 aliphatic rings. The molecule has 0 fully saturated rings. The zero-order valence-electron chi connectivity index (χ0n) is 15.2. The van der Waals surface area contributed by atoms with Crippen LogP contribution in [0.4, 0.5) is 21.6 Å².